The van der Waals surface area contributed by atoms with Gasteiger partial charge in [-0.15, -0.1) is 0 Å². The predicted octanol–water partition coefficient (Wildman–Crippen LogP) is 5.86. The van der Waals surface area contributed by atoms with Crippen molar-refractivity contribution in [2.24, 2.45) is 11.8 Å². The van der Waals surface area contributed by atoms with Crippen LogP contribution in [0.1, 0.15) is 55.2 Å². The smallest absolute Gasteiger partial charge is 0.328 e. The molecule has 3 aromatic rings. The summed E-state index contributed by atoms with van der Waals surface area (Å²) in [4.78, 5) is 37.8. The highest BCUT2D eigenvalue weighted by Gasteiger charge is 2.27. The van der Waals surface area contributed by atoms with E-state index in [4.69, 9.17) is 9.47 Å². The fourth-order valence-electron chi connectivity index (χ4n) is 5.41. The largest absolute Gasteiger partial charge is 0.489 e. The van der Waals surface area contributed by atoms with E-state index in [0.717, 1.165) is 48.1 Å². The first-order valence-corrected chi connectivity index (χ1v) is 14.2. The van der Waals surface area contributed by atoms with Crippen molar-refractivity contribution in [1.82, 2.24) is 5.32 Å². The van der Waals surface area contributed by atoms with Crippen LogP contribution >= 0.6 is 0 Å². The van der Waals surface area contributed by atoms with Gasteiger partial charge in [-0.05, 0) is 66.3 Å². The van der Waals surface area contributed by atoms with Crippen LogP contribution in [0.5, 0.6) is 5.75 Å². The van der Waals surface area contributed by atoms with Gasteiger partial charge in [0, 0.05) is 25.7 Å². The Labute approximate surface area is 237 Å². The molecule has 1 amide bonds. The minimum absolute atomic E-state index is 0.137. The van der Waals surface area contributed by atoms with Crippen molar-refractivity contribution in [2.45, 2.75) is 64.0 Å². The van der Waals surface area contributed by atoms with Gasteiger partial charge in [0.25, 0.3) is 0 Å². The van der Waals surface area contributed by atoms with Crippen LogP contribution in [0.25, 0.3) is 0 Å². The van der Waals surface area contributed by atoms with Crippen LogP contribution in [-0.4, -0.2) is 30.8 Å². The number of esters is 1. The number of ketones is 1. The summed E-state index contributed by atoms with van der Waals surface area (Å²) in [7, 11) is 1.34. The number of hydrogen-bond acceptors (Lipinski definition) is 5. The van der Waals surface area contributed by atoms with Crippen molar-refractivity contribution in [1.29, 1.82) is 0 Å². The van der Waals surface area contributed by atoms with Crippen molar-refractivity contribution in [3.05, 3.63) is 102 Å². The first-order valence-electron chi connectivity index (χ1n) is 14.2. The Kier molecular flexibility index (Phi) is 10.9. The molecule has 40 heavy (non-hydrogen) atoms. The molecule has 0 heterocycles. The molecule has 1 N–H and O–H groups in total. The fourth-order valence-corrected chi connectivity index (χ4v) is 5.41. The Bertz CT molecular complexity index is 1220. The third-order valence-electron chi connectivity index (χ3n) is 7.63. The number of ether oxygens (including phenoxy) is 2. The quantitative estimate of drug-likeness (QED) is 0.274. The van der Waals surface area contributed by atoms with Crippen molar-refractivity contribution in [2.75, 3.05) is 7.11 Å². The Hall–Kier alpha value is -3.93. The Morgan fingerprint density at radius 2 is 1.32 bits per heavy atom. The van der Waals surface area contributed by atoms with E-state index < -0.39 is 12.0 Å². The molecule has 1 aliphatic rings. The molecule has 6 heteroatoms. The molecular formula is C34H39NO5. The second-order valence-corrected chi connectivity index (χ2v) is 10.8. The van der Waals surface area contributed by atoms with E-state index in [-0.39, 0.29) is 17.6 Å². The molecule has 0 aromatic heterocycles. The van der Waals surface area contributed by atoms with Gasteiger partial charge in [-0.3, -0.25) is 9.59 Å². The molecule has 0 bridgehead atoms. The zero-order valence-electron chi connectivity index (χ0n) is 23.2. The van der Waals surface area contributed by atoms with Crippen LogP contribution < -0.4 is 10.1 Å². The van der Waals surface area contributed by atoms with Gasteiger partial charge in [0.1, 0.15) is 24.2 Å². The van der Waals surface area contributed by atoms with Crippen LogP contribution in [0.15, 0.2) is 84.9 Å². The third kappa shape index (κ3) is 9.37. The maximum Gasteiger partial charge on any atom is 0.328 e. The lowest BCUT2D eigenvalue weighted by atomic mass is 9.78. The zero-order chi connectivity index (χ0) is 28.2. The lowest BCUT2D eigenvalue weighted by Gasteiger charge is -2.28. The SMILES string of the molecule is COC(=O)[C@H](Cc1ccc(OCc2ccccc2)cc1)NC(=O)CC1CCC(CC(=O)Cc2ccccc2)CC1. The molecule has 0 spiro atoms. The minimum atomic E-state index is -0.750. The molecule has 6 nitrogen and oxygen atoms in total. The van der Waals surface area contributed by atoms with Crippen molar-refractivity contribution >= 4 is 17.7 Å². The molecule has 1 atom stereocenters. The number of carbonyl (C=O) groups is 3. The molecule has 0 radical (unpaired) electrons. The molecule has 1 saturated carbocycles. The van der Waals surface area contributed by atoms with Crippen LogP contribution in [0.3, 0.4) is 0 Å². The second kappa shape index (κ2) is 15.0. The fraction of sp³-hybridized carbons (Fsp3) is 0.382. The van der Waals surface area contributed by atoms with Crippen molar-refractivity contribution < 1.29 is 23.9 Å². The van der Waals surface area contributed by atoms with Gasteiger partial charge < -0.3 is 14.8 Å². The predicted molar refractivity (Wildman–Crippen MR) is 155 cm³/mol. The maximum atomic E-state index is 12.9. The van der Waals surface area contributed by atoms with Gasteiger partial charge >= 0.3 is 5.97 Å². The van der Waals surface area contributed by atoms with Crippen molar-refractivity contribution in [3.8, 4) is 5.75 Å². The summed E-state index contributed by atoms with van der Waals surface area (Å²) in [6.07, 6.45) is 5.57. The second-order valence-electron chi connectivity index (χ2n) is 10.8. The summed E-state index contributed by atoms with van der Waals surface area (Å²) < 4.78 is 10.8. The number of rotatable bonds is 13. The van der Waals surface area contributed by atoms with E-state index in [2.05, 4.69) is 5.32 Å². The number of carbonyl (C=O) groups excluding carboxylic acids is 3. The lowest BCUT2D eigenvalue weighted by Crippen LogP contribution is -2.43. The van der Waals surface area contributed by atoms with Gasteiger partial charge in [-0.1, -0.05) is 72.8 Å². The van der Waals surface area contributed by atoms with E-state index >= 15 is 0 Å². The van der Waals surface area contributed by atoms with E-state index in [1.807, 2.05) is 84.9 Å². The topological polar surface area (TPSA) is 81.7 Å². The molecular weight excluding hydrogens is 502 g/mol. The van der Waals surface area contributed by atoms with Crippen LogP contribution in [0, 0.1) is 11.8 Å². The molecule has 4 rings (SSSR count). The van der Waals surface area contributed by atoms with Gasteiger partial charge in [-0.2, -0.15) is 0 Å². The van der Waals surface area contributed by atoms with Gasteiger partial charge in [0.2, 0.25) is 5.91 Å². The zero-order valence-corrected chi connectivity index (χ0v) is 23.2. The number of benzene rings is 3. The Morgan fingerprint density at radius 1 is 0.750 bits per heavy atom. The highest BCUT2D eigenvalue weighted by Crippen LogP contribution is 2.33. The van der Waals surface area contributed by atoms with Gasteiger partial charge in [0.15, 0.2) is 0 Å². The molecule has 210 valence electrons. The molecule has 1 aliphatic carbocycles. The standard InChI is InChI=1S/C34H39NO5/c1-39-34(38)32(22-27-16-18-31(19-17-27)40-24-29-10-6-3-7-11-29)35-33(37)23-28-14-12-26(13-15-28)21-30(36)20-25-8-4-2-5-9-25/h2-11,16-19,26,28,32H,12-15,20-24H2,1H3,(H,35,37)/t26?,28?,32-/m0/s1. The minimum Gasteiger partial charge on any atom is -0.489 e. The monoisotopic (exact) mass is 541 g/mol. The summed E-state index contributed by atoms with van der Waals surface area (Å²) in [5, 5.41) is 2.90. The van der Waals surface area contributed by atoms with E-state index in [1.165, 1.54) is 7.11 Å². The number of hydrogen-bond donors (Lipinski definition) is 1. The highest BCUT2D eigenvalue weighted by molar-refractivity contribution is 5.84. The van der Waals surface area contributed by atoms with Crippen LogP contribution in [0.2, 0.25) is 0 Å². The van der Waals surface area contributed by atoms with Crippen LogP contribution in [-0.2, 0) is 38.6 Å². The molecule has 3 aromatic carbocycles. The number of nitrogens with one attached hydrogen (secondary N) is 1. The maximum absolute atomic E-state index is 12.9. The summed E-state index contributed by atoms with van der Waals surface area (Å²) in [5.41, 5.74) is 3.05. The number of amides is 1. The summed E-state index contributed by atoms with van der Waals surface area (Å²) >= 11 is 0. The summed E-state index contributed by atoms with van der Waals surface area (Å²) in [6, 6.07) is 26.6. The average molecular weight is 542 g/mol. The van der Waals surface area contributed by atoms with Crippen molar-refractivity contribution in [3.63, 3.8) is 0 Å². The average Bonchev–Trinajstić information content (AvgIpc) is 2.98. The van der Waals surface area contributed by atoms with Gasteiger partial charge in [0.05, 0.1) is 7.11 Å². The summed E-state index contributed by atoms with van der Waals surface area (Å²) in [6.45, 7) is 0.479. The van der Waals surface area contributed by atoms with E-state index in [9.17, 15) is 14.4 Å². The third-order valence-corrected chi connectivity index (χ3v) is 7.63. The normalized spacial score (nSPS) is 17.4. The number of methoxy groups -OCH3 is 1. The highest BCUT2D eigenvalue weighted by atomic mass is 16.5. The molecule has 0 saturated heterocycles. The summed E-state index contributed by atoms with van der Waals surface area (Å²) in [5.74, 6) is 1.07. The van der Waals surface area contributed by atoms with E-state index in [1.54, 1.807) is 0 Å². The molecule has 0 unspecified atom stereocenters. The lowest BCUT2D eigenvalue weighted by molar-refractivity contribution is -0.145. The first-order chi connectivity index (χ1) is 19.5. The van der Waals surface area contributed by atoms with Crippen LogP contribution in [0.4, 0.5) is 0 Å². The molecule has 1 fully saturated rings. The van der Waals surface area contributed by atoms with E-state index in [0.29, 0.717) is 38.2 Å². The Morgan fingerprint density at radius 3 is 1.93 bits per heavy atom. The first kappa shape index (κ1) is 29.1. The molecule has 0 aliphatic heterocycles. The number of Topliss-reactive ketones (excluding diaryl/α,β-unsaturated/α-hetero) is 1. The van der Waals surface area contributed by atoms with Gasteiger partial charge in [-0.25, -0.2) is 4.79 Å². The Balaban J connectivity index is 1.20.